The van der Waals surface area contributed by atoms with Crippen molar-refractivity contribution in [2.24, 2.45) is 5.10 Å². The SMILES string of the molecule is O=C(Cc1ccc(Br)cc1)NN=Cc1ccc(-c2cc(Cl)c(Cl)cc2Cl)o1. The molecular formula is C19H12BrCl3N2O2. The highest BCUT2D eigenvalue weighted by atomic mass is 79.9. The van der Waals surface area contributed by atoms with Gasteiger partial charge in [-0.15, -0.1) is 0 Å². The summed E-state index contributed by atoms with van der Waals surface area (Å²) in [6.45, 7) is 0. The maximum Gasteiger partial charge on any atom is 0.244 e. The Morgan fingerprint density at radius 2 is 1.74 bits per heavy atom. The van der Waals surface area contributed by atoms with Crippen molar-refractivity contribution >= 4 is 62.9 Å². The predicted molar refractivity (Wildman–Crippen MR) is 113 cm³/mol. The summed E-state index contributed by atoms with van der Waals surface area (Å²) in [5.74, 6) is 0.741. The Kier molecular flexibility index (Phi) is 6.60. The van der Waals surface area contributed by atoms with Gasteiger partial charge in [-0.3, -0.25) is 4.79 Å². The summed E-state index contributed by atoms with van der Waals surface area (Å²) in [5, 5.41) is 5.08. The van der Waals surface area contributed by atoms with E-state index in [2.05, 4.69) is 26.5 Å². The number of nitrogens with one attached hydrogen (secondary N) is 1. The zero-order chi connectivity index (χ0) is 19.4. The van der Waals surface area contributed by atoms with Gasteiger partial charge in [0.2, 0.25) is 5.91 Å². The minimum atomic E-state index is -0.229. The lowest BCUT2D eigenvalue weighted by molar-refractivity contribution is -0.120. The number of nitrogens with zero attached hydrogens (tertiary/aromatic N) is 1. The Hall–Kier alpha value is -1.79. The van der Waals surface area contributed by atoms with E-state index in [4.69, 9.17) is 39.2 Å². The zero-order valence-corrected chi connectivity index (χ0v) is 17.5. The van der Waals surface area contributed by atoms with Crippen LogP contribution in [0.1, 0.15) is 11.3 Å². The van der Waals surface area contributed by atoms with Crippen molar-refractivity contribution < 1.29 is 9.21 Å². The maximum absolute atomic E-state index is 11.9. The Labute approximate surface area is 179 Å². The van der Waals surface area contributed by atoms with Gasteiger partial charge >= 0.3 is 0 Å². The molecule has 0 spiro atoms. The molecule has 0 atom stereocenters. The summed E-state index contributed by atoms with van der Waals surface area (Å²) in [5.41, 5.74) is 3.97. The number of hydrogen-bond donors (Lipinski definition) is 1. The molecule has 1 aromatic heterocycles. The first-order valence-electron chi connectivity index (χ1n) is 7.73. The number of amides is 1. The van der Waals surface area contributed by atoms with Crippen molar-refractivity contribution in [2.45, 2.75) is 6.42 Å². The molecule has 4 nitrogen and oxygen atoms in total. The Bertz CT molecular complexity index is 1000. The fourth-order valence-electron chi connectivity index (χ4n) is 2.27. The van der Waals surface area contributed by atoms with Gasteiger partial charge in [0.1, 0.15) is 11.5 Å². The molecule has 2 aromatic carbocycles. The Balaban J connectivity index is 1.63. The van der Waals surface area contributed by atoms with Crippen molar-refractivity contribution in [1.82, 2.24) is 5.43 Å². The summed E-state index contributed by atoms with van der Waals surface area (Å²) in [7, 11) is 0. The number of carbonyl (C=O) groups is 1. The molecule has 0 radical (unpaired) electrons. The largest absolute Gasteiger partial charge is 0.455 e. The van der Waals surface area contributed by atoms with Gasteiger partial charge < -0.3 is 4.42 Å². The highest BCUT2D eigenvalue weighted by molar-refractivity contribution is 9.10. The van der Waals surface area contributed by atoms with Gasteiger partial charge in [-0.1, -0.05) is 62.9 Å². The first kappa shape index (κ1) is 20.0. The number of carbonyl (C=O) groups excluding carboxylic acids is 1. The van der Waals surface area contributed by atoms with E-state index in [1.807, 2.05) is 24.3 Å². The molecule has 27 heavy (non-hydrogen) atoms. The third-order valence-electron chi connectivity index (χ3n) is 3.56. The van der Waals surface area contributed by atoms with Crippen LogP contribution in [0.15, 0.2) is 62.5 Å². The minimum absolute atomic E-state index is 0.229. The molecule has 1 N–H and O–H groups in total. The monoisotopic (exact) mass is 484 g/mol. The van der Waals surface area contributed by atoms with Crippen LogP contribution in [0.2, 0.25) is 15.1 Å². The van der Waals surface area contributed by atoms with Gasteiger partial charge in [0, 0.05) is 10.0 Å². The number of benzene rings is 2. The summed E-state index contributed by atoms with van der Waals surface area (Å²) in [4.78, 5) is 11.9. The quantitative estimate of drug-likeness (QED) is 0.259. The predicted octanol–water partition coefficient (Wildman–Crippen LogP) is 6.36. The second-order valence-electron chi connectivity index (χ2n) is 5.54. The molecule has 8 heteroatoms. The van der Waals surface area contributed by atoms with Crippen molar-refractivity contribution in [3.8, 4) is 11.3 Å². The summed E-state index contributed by atoms with van der Waals surface area (Å²) >= 11 is 21.5. The molecule has 1 heterocycles. The van der Waals surface area contributed by atoms with Crippen molar-refractivity contribution in [3.05, 3.63) is 79.4 Å². The summed E-state index contributed by atoms with van der Waals surface area (Å²) in [6, 6.07) is 14.1. The molecule has 0 aliphatic rings. The molecule has 0 fully saturated rings. The van der Waals surface area contributed by atoms with E-state index >= 15 is 0 Å². The molecule has 0 aliphatic heterocycles. The topological polar surface area (TPSA) is 54.6 Å². The minimum Gasteiger partial charge on any atom is -0.455 e. The third-order valence-corrected chi connectivity index (χ3v) is 5.12. The van der Waals surface area contributed by atoms with Gasteiger partial charge in [-0.05, 0) is 42.0 Å². The highest BCUT2D eigenvalue weighted by Gasteiger charge is 2.11. The van der Waals surface area contributed by atoms with Crippen LogP contribution in [0, 0.1) is 0 Å². The van der Waals surface area contributed by atoms with Gasteiger partial charge in [0.15, 0.2) is 0 Å². The van der Waals surface area contributed by atoms with Crippen molar-refractivity contribution in [1.29, 1.82) is 0 Å². The molecule has 0 aliphatic carbocycles. The van der Waals surface area contributed by atoms with Crippen LogP contribution in [0.5, 0.6) is 0 Å². The van der Waals surface area contributed by atoms with Crippen LogP contribution >= 0.6 is 50.7 Å². The maximum atomic E-state index is 11.9. The van der Waals surface area contributed by atoms with Gasteiger partial charge in [-0.25, -0.2) is 5.43 Å². The lowest BCUT2D eigenvalue weighted by Gasteiger charge is -2.03. The normalized spacial score (nSPS) is 11.1. The van der Waals surface area contributed by atoms with Crippen molar-refractivity contribution in [3.63, 3.8) is 0 Å². The summed E-state index contributed by atoms with van der Waals surface area (Å²) in [6.07, 6.45) is 1.64. The Morgan fingerprint density at radius 1 is 1.04 bits per heavy atom. The first-order valence-corrected chi connectivity index (χ1v) is 9.66. The van der Waals surface area contributed by atoms with Gasteiger partial charge in [0.05, 0.1) is 27.7 Å². The zero-order valence-electron chi connectivity index (χ0n) is 13.7. The van der Waals surface area contributed by atoms with Crippen LogP contribution in [0.4, 0.5) is 0 Å². The molecule has 3 rings (SSSR count). The van der Waals surface area contributed by atoms with E-state index in [0.29, 0.717) is 32.2 Å². The smallest absolute Gasteiger partial charge is 0.244 e. The van der Waals surface area contributed by atoms with E-state index in [0.717, 1.165) is 10.0 Å². The fraction of sp³-hybridized carbons (Fsp3) is 0.0526. The van der Waals surface area contributed by atoms with E-state index in [1.54, 1.807) is 24.3 Å². The lowest BCUT2D eigenvalue weighted by Crippen LogP contribution is -2.19. The average molecular weight is 487 g/mol. The number of halogens is 4. The fourth-order valence-corrected chi connectivity index (χ4v) is 3.18. The van der Waals surface area contributed by atoms with Crippen LogP contribution in [0.3, 0.4) is 0 Å². The highest BCUT2D eigenvalue weighted by Crippen LogP contribution is 2.35. The van der Waals surface area contributed by atoms with Crippen LogP contribution in [-0.2, 0) is 11.2 Å². The number of rotatable bonds is 5. The van der Waals surface area contributed by atoms with E-state index < -0.39 is 0 Å². The third kappa shape index (κ3) is 5.36. The van der Waals surface area contributed by atoms with Crippen LogP contribution < -0.4 is 5.43 Å². The number of hydrazone groups is 1. The number of furan rings is 1. The van der Waals surface area contributed by atoms with E-state index in [9.17, 15) is 4.79 Å². The molecule has 0 saturated carbocycles. The molecule has 3 aromatic rings. The second kappa shape index (κ2) is 8.93. The van der Waals surface area contributed by atoms with E-state index in [1.165, 1.54) is 6.21 Å². The molecule has 138 valence electrons. The van der Waals surface area contributed by atoms with Crippen LogP contribution in [-0.4, -0.2) is 12.1 Å². The molecule has 0 saturated heterocycles. The van der Waals surface area contributed by atoms with Gasteiger partial charge in [0.25, 0.3) is 0 Å². The van der Waals surface area contributed by atoms with E-state index in [-0.39, 0.29) is 12.3 Å². The first-order chi connectivity index (χ1) is 12.9. The number of hydrogen-bond acceptors (Lipinski definition) is 3. The van der Waals surface area contributed by atoms with Crippen molar-refractivity contribution in [2.75, 3.05) is 0 Å². The molecule has 0 unspecified atom stereocenters. The standard InChI is InChI=1S/C19H12BrCl3N2O2/c20-12-3-1-11(2-4-12)7-19(26)25-24-10-13-5-6-18(27-13)14-8-16(22)17(23)9-15(14)21/h1-6,8-10H,7H2,(H,25,26). The summed E-state index contributed by atoms with van der Waals surface area (Å²) < 4.78 is 6.63. The Morgan fingerprint density at radius 3 is 2.48 bits per heavy atom. The van der Waals surface area contributed by atoms with Crippen LogP contribution in [0.25, 0.3) is 11.3 Å². The molecule has 1 amide bonds. The lowest BCUT2D eigenvalue weighted by atomic mass is 10.1. The molecular weight excluding hydrogens is 474 g/mol. The second-order valence-corrected chi connectivity index (χ2v) is 7.68. The molecule has 0 bridgehead atoms. The average Bonchev–Trinajstić information content (AvgIpc) is 3.09. The van der Waals surface area contributed by atoms with Gasteiger partial charge in [-0.2, -0.15) is 5.10 Å².